The first kappa shape index (κ1) is 86.2. The topological polar surface area (TPSA) is 281 Å². The molecule has 0 radical (unpaired) electrons. The van der Waals surface area contributed by atoms with Crippen molar-refractivity contribution in [3.8, 4) is 69.3 Å². The Kier molecular flexibility index (Phi) is 36.0. The summed E-state index contributed by atoms with van der Waals surface area (Å²) in [6.07, 6.45) is 18.6. The Bertz CT molecular complexity index is 4700. The summed E-state index contributed by atoms with van der Waals surface area (Å²) in [6, 6.07) is 45.3. The average Bonchev–Trinajstić information content (AvgIpc) is 0.819. The molecule has 0 atom stereocenters. The van der Waals surface area contributed by atoms with Crippen LogP contribution in [-0.4, -0.2) is 99.0 Å². The van der Waals surface area contributed by atoms with Gasteiger partial charge in [0, 0.05) is 36.1 Å². The zero-order chi connectivity index (χ0) is 81.1. The lowest BCUT2D eigenvalue weighted by molar-refractivity contribution is -0.138. The average molecular weight is 1550 g/mol. The molecule has 22 heteroatoms. The Morgan fingerprint density at radius 3 is 0.842 bits per heavy atom. The summed E-state index contributed by atoms with van der Waals surface area (Å²) in [5.74, 6) is 1.46. The normalized spacial score (nSPS) is 10.5. The molecule has 0 aliphatic heterocycles. The van der Waals surface area contributed by atoms with Crippen molar-refractivity contribution in [1.29, 1.82) is 0 Å². The lowest BCUT2D eigenvalue weighted by atomic mass is 10.1. The van der Waals surface area contributed by atoms with Gasteiger partial charge >= 0.3 is 47.8 Å². The van der Waals surface area contributed by atoms with Crippen LogP contribution in [0.2, 0.25) is 0 Å². The summed E-state index contributed by atoms with van der Waals surface area (Å²) in [7, 11) is 0. The van der Waals surface area contributed by atoms with Crippen LogP contribution >= 0.6 is 0 Å². The molecule has 8 rings (SSSR count). The first-order chi connectivity index (χ1) is 55.4. The SMILES string of the molecule is C=CC(=O)CCCCCCOc1ccc(C(=O)Oc2ccc(OC(=O)c3ccc(OCCCCCCC(=O)C=C)cc3)c(C(=O)Oc3cccc(C#Cc4cccc(OC(=O)c5cc(OC(=O)c6ccc(OCCCCCCOC(=O)C=C)cc6)ccc5OC(=O)c5ccc(OCCCCCCOC(=O)C=C)cc5)c4)c3)c2)cc1. The number of benzene rings is 8. The fourth-order valence-electron chi connectivity index (χ4n) is 10.8. The second-order valence-electron chi connectivity index (χ2n) is 25.7. The third-order valence-electron chi connectivity index (χ3n) is 17.0. The van der Waals surface area contributed by atoms with E-state index in [2.05, 4.69) is 38.2 Å². The minimum atomic E-state index is -1.00. The number of unbranched alkanes of at least 4 members (excludes halogenated alkanes) is 12. The smallest absolute Gasteiger partial charge is 0.347 e. The Morgan fingerprint density at radius 1 is 0.263 bits per heavy atom. The Hall–Kier alpha value is -13.4. The number of carbonyl (C=O) groups excluding carboxylic acids is 10. The molecule has 0 heterocycles. The summed E-state index contributed by atoms with van der Waals surface area (Å²) in [5, 5.41) is 0. The van der Waals surface area contributed by atoms with Gasteiger partial charge in [-0.3, -0.25) is 9.59 Å². The van der Waals surface area contributed by atoms with E-state index in [0.29, 0.717) is 99.4 Å². The van der Waals surface area contributed by atoms with Gasteiger partial charge in [0.05, 0.1) is 61.9 Å². The molecule has 0 bridgehead atoms. The molecule has 0 aromatic heterocycles. The van der Waals surface area contributed by atoms with E-state index in [4.69, 9.17) is 56.8 Å². The molecule has 0 N–H and O–H groups in total. The molecule has 0 saturated heterocycles. The molecule has 8 aromatic rings. The lowest BCUT2D eigenvalue weighted by Crippen LogP contribution is -2.15. The number of hydrogen-bond acceptors (Lipinski definition) is 22. The van der Waals surface area contributed by atoms with Gasteiger partial charge in [0.25, 0.3) is 0 Å². The number of rotatable bonds is 48. The zero-order valence-electron chi connectivity index (χ0n) is 63.4. The van der Waals surface area contributed by atoms with E-state index in [0.717, 1.165) is 102 Å². The van der Waals surface area contributed by atoms with E-state index in [1.54, 1.807) is 72.8 Å². The van der Waals surface area contributed by atoms with Gasteiger partial charge in [-0.15, -0.1) is 0 Å². The number of allylic oxidation sites excluding steroid dienone is 2. The van der Waals surface area contributed by atoms with Crippen molar-refractivity contribution in [2.24, 2.45) is 0 Å². The highest BCUT2D eigenvalue weighted by Gasteiger charge is 2.25. The molecular formula is C92H90O22. The number of carbonyl (C=O) groups is 10. The van der Waals surface area contributed by atoms with Gasteiger partial charge in [0.15, 0.2) is 11.6 Å². The van der Waals surface area contributed by atoms with Crippen molar-refractivity contribution >= 4 is 59.3 Å². The first-order valence-corrected chi connectivity index (χ1v) is 37.6. The highest BCUT2D eigenvalue weighted by atomic mass is 16.6. The van der Waals surface area contributed by atoms with Gasteiger partial charge in [0.1, 0.15) is 68.6 Å². The number of hydrogen-bond donors (Lipinski definition) is 0. The van der Waals surface area contributed by atoms with Crippen LogP contribution in [0.1, 0.15) is 189 Å². The van der Waals surface area contributed by atoms with Crippen LogP contribution < -0.4 is 47.4 Å². The molecule has 0 unspecified atom stereocenters. The molecule has 0 amide bonds. The Morgan fingerprint density at radius 2 is 0.535 bits per heavy atom. The third kappa shape index (κ3) is 30.4. The van der Waals surface area contributed by atoms with Crippen molar-refractivity contribution in [1.82, 2.24) is 0 Å². The van der Waals surface area contributed by atoms with E-state index in [1.165, 1.54) is 121 Å². The van der Waals surface area contributed by atoms with Crippen LogP contribution in [0.5, 0.6) is 57.5 Å². The van der Waals surface area contributed by atoms with Crippen molar-refractivity contribution in [2.45, 2.75) is 116 Å². The van der Waals surface area contributed by atoms with Gasteiger partial charge in [-0.05, 0) is 259 Å². The molecule has 590 valence electrons. The van der Waals surface area contributed by atoms with Crippen molar-refractivity contribution < 1.29 is 105 Å². The largest absolute Gasteiger partial charge is 0.494 e. The lowest BCUT2D eigenvalue weighted by Gasteiger charge is -2.13. The van der Waals surface area contributed by atoms with Crippen LogP contribution in [0.3, 0.4) is 0 Å². The molecule has 114 heavy (non-hydrogen) atoms. The second kappa shape index (κ2) is 47.6. The van der Waals surface area contributed by atoms with Gasteiger partial charge in [-0.2, -0.15) is 0 Å². The minimum absolute atomic E-state index is 0.0128. The molecular weight excluding hydrogens is 1460 g/mol. The highest BCUT2D eigenvalue weighted by molar-refractivity contribution is 6.00. The summed E-state index contributed by atoms with van der Waals surface area (Å²) in [4.78, 5) is 129. The van der Waals surface area contributed by atoms with Crippen molar-refractivity contribution in [3.05, 3.63) is 277 Å². The van der Waals surface area contributed by atoms with E-state index in [1.807, 2.05) is 0 Å². The number of ether oxygens (including phenoxy) is 12. The second-order valence-corrected chi connectivity index (χ2v) is 25.7. The van der Waals surface area contributed by atoms with Crippen LogP contribution in [0.25, 0.3) is 0 Å². The molecule has 22 nitrogen and oxygen atoms in total. The third-order valence-corrected chi connectivity index (χ3v) is 17.0. The van der Waals surface area contributed by atoms with Gasteiger partial charge in [-0.25, -0.2) is 38.4 Å². The molecule has 8 aromatic carbocycles. The van der Waals surface area contributed by atoms with Crippen LogP contribution in [-0.2, 0) is 28.7 Å². The predicted molar refractivity (Wildman–Crippen MR) is 425 cm³/mol. The predicted octanol–water partition coefficient (Wildman–Crippen LogP) is 17.9. The molecule has 0 spiro atoms. The quantitative estimate of drug-likeness (QED) is 0.0113. The summed E-state index contributed by atoms with van der Waals surface area (Å²) < 4.78 is 68.4. The highest BCUT2D eigenvalue weighted by Crippen LogP contribution is 2.32. The molecule has 0 saturated carbocycles. The maximum Gasteiger partial charge on any atom is 0.347 e. The monoisotopic (exact) mass is 1550 g/mol. The van der Waals surface area contributed by atoms with E-state index < -0.39 is 47.8 Å². The van der Waals surface area contributed by atoms with Gasteiger partial charge in [0.2, 0.25) is 0 Å². The number of ketones is 2. The maximum absolute atomic E-state index is 14.4. The summed E-state index contributed by atoms with van der Waals surface area (Å²) >= 11 is 0. The van der Waals surface area contributed by atoms with E-state index in [-0.39, 0.29) is 79.4 Å². The van der Waals surface area contributed by atoms with Gasteiger partial charge < -0.3 is 56.8 Å². The maximum atomic E-state index is 14.4. The minimum Gasteiger partial charge on any atom is -0.494 e. The summed E-state index contributed by atoms with van der Waals surface area (Å²) in [6.45, 7) is 16.1. The molecule has 0 aliphatic rings. The van der Waals surface area contributed by atoms with Crippen molar-refractivity contribution in [2.75, 3.05) is 39.6 Å². The zero-order valence-corrected chi connectivity index (χ0v) is 63.4. The fraction of sp³-hybridized carbons (Fsp3) is 0.261. The fourth-order valence-corrected chi connectivity index (χ4v) is 10.8. The van der Waals surface area contributed by atoms with Gasteiger partial charge in [-0.1, -0.05) is 76.0 Å². The van der Waals surface area contributed by atoms with Crippen LogP contribution in [0, 0.1) is 11.8 Å². The van der Waals surface area contributed by atoms with Crippen LogP contribution in [0.15, 0.2) is 233 Å². The standard InChI is InChI=1S/C92H90O22/c1-5-71(93)29-17-9-11-19-55-103-73-43-35-67(36-44-73)87(97)109-79-51-53-83(113-89(99)69-39-47-75(48-40-69)104-56-20-12-10-18-30-72(94)6-2)81(63-79)91(101)111-77-31-25-27-65(61-77)33-34-66-28-26-32-78(62-66)112-92(102)82-64-80(110-88(98)68-37-45-74(46-38-68)105-57-21-13-15-23-59-107-85(95)7-3)52-54-84(82)114-90(100)70-41-49-76(50-42-70)106-58-22-14-16-24-60-108-86(96)8-4/h5-8,25-28,31-32,35-54,61-64H,1-4,9-24,29-30,55-60H2. The Balaban J connectivity index is 0.941. The molecule has 0 fully saturated rings. The van der Waals surface area contributed by atoms with Crippen molar-refractivity contribution in [3.63, 3.8) is 0 Å². The van der Waals surface area contributed by atoms with E-state index in [9.17, 15) is 47.9 Å². The number of esters is 8. The van der Waals surface area contributed by atoms with E-state index >= 15 is 0 Å². The van der Waals surface area contributed by atoms with Crippen LogP contribution in [0.4, 0.5) is 0 Å². The molecule has 0 aliphatic carbocycles. The summed E-state index contributed by atoms with van der Waals surface area (Å²) in [5.41, 5.74) is 0.759. The first-order valence-electron chi connectivity index (χ1n) is 37.6. The Labute approximate surface area is 662 Å².